The Hall–Kier alpha value is -2.25. The SMILES string of the molecule is CCCCCC/C=C\C/C=C\CCCCCCCCCC(=O)NC(COC1OC(CO)C(OC2OC(CO)C(OC3OC(CO)C(O)C(O)C3O)C(O)C2O)C(O)C1O)C(O)/C=C/CC/C=C/CCCCCCCCCCCCCCCC. The maximum Gasteiger partial charge on any atom is 0.220 e. The highest BCUT2D eigenvalue weighted by Gasteiger charge is 2.53. The summed E-state index contributed by atoms with van der Waals surface area (Å²) >= 11 is 0. The number of allylic oxidation sites excluding steroid dienone is 7. The second-order valence-electron chi connectivity index (χ2n) is 23.2. The van der Waals surface area contributed by atoms with E-state index in [0.717, 1.165) is 77.0 Å². The van der Waals surface area contributed by atoms with Gasteiger partial charge in [0.15, 0.2) is 18.9 Å². The van der Waals surface area contributed by atoms with E-state index in [4.69, 9.17) is 28.4 Å². The number of hydrogen-bond donors (Lipinski definition) is 12. The first-order valence-electron chi connectivity index (χ1n) is 32.4. The van der Waals surface area contributed by atoms with Crippen LogP contribution in [0.2, 0.25) is 0 Å². The van der Waals surface area contributed by atoms with E-state index >= 15 is 0 Å². The summed E-state index contributed by atoms with van der Waals surface area (Å²) in [6.45, 7) is 1.69. The lowest BCUT2D eigenvalue weighted by molar-refractivity contribution is -0.379. The highest BCUT2D eigenvalue weighted by Crippen LogP contribution is 2.33. The first-order valence-corrected chi connectivity index (χ1v) is 32.4. The Balaban J connectivity index is 1.50. The van der Waals surface area contributed by atoms with Crippen LogP contribution in [0, 0.1) is 0 Å². The molecule has 0 spiro atoms. The summed E-state index contributed by atoms with van der Waals surface area (Å²) < 4.78 is 34.3. The summed E-state index contributed by atoms with van der Waals surface area (Å²) in [4.78, 5) is 13.4. The molecule has 3 saturated heterocycles. The number of amides is 1. The average Bonchev–Trinajstić information content (AvgIpc) is 3.35. The van der Waals surface area contributed by atoms with Crippen molar-refractivity contribution in [3.8, 4) is 0 Å². The van der Waals surface area contributed by atoms with Crippen LogP contribution in [0.1, 0.15) is 219 Å². The van der Waals surface area contributed by atoms with Crippen LogP contribution in [0.4, 0.5) is 0 Å². The summed E-state index contributed by atoms with van der Waals surface area (Å²) in [5, 5.41) is 120. The quantitative estimate of drug-likeness (QED) is 0.0215. The van der Waals surface area contributed by atoms with Crippen LogP contribution in [0.5, 0.6) is 0 Å². The number of nitrogens with one attached hydrogen (secondary N) is 1. The maximum atomic E-state index is 13.4. The second-order valence-corrected chi connectivity index (χ2v) is 23.2. The number of ether oxygens (including phenoxy) is 6. The van der Waals surface area contributed by atoms with Crippen molar-refractivity contribution in [1.29, 1.82) is 0 Å². The van der Waals surface area contributed by atoms with E-state index in [1.165, 1.54) is 109 Å². The van der Waals surface area contributed by atoms with Crippen LogP contribution < -0.4 is 5.32 Å². The Kier molecular flexibility index (Phi) is 42.3. The first kappa shape index (κ1) is 75.0. The van der Waals surface area contributed by atoms with Crippen LogP contribution >= 0.6 is 0 Å². The molecule has 0 aliphatic carbocycles. The van der Waals surface area contributed by atoms with Crippen molar-refractivity contribution in [3.05, 3.63) is 48.6 Å². The minimum Gasteiger partial charge on any atom is -0.394 e. The van der Waals surface area contributed by atoms with E-state index in [1.54, 1.807) is 6.08 Å². The van der Waals surface area contributed by atoms with Crippen molar-refractivity contribution in [2.24, 2.45) is 0 Å². The van der Waals surface area contributed by atoms with Crippen LogP contribution in [0.25, 0.3) is 0 Å². The Bertz CT molecular complexity index is 1700. The third kappa shape index (κ3) is 30.0. The Morgan fingerprint density at radius 3 is 1.29 bits per heavy atom. The predicted molar refractivity (Wildman–Crippen MR) is 319 cm³/mol. The molecule has 0 aromatic carbocycles. The van der Waals surface area contributed by atoms with Gasteiger partial charge in [0.05, 0.1) is 38.6 Å². The molecule has 83 heavy (non-hydrogen) atoms. The Labute approximate surface area is 497 Å². The van der Waals surface area contributed by atoms with E-state index in [9.17, 15) is 61.0 Å². The molecule has 3 heterocycles. The standard InChI is InChI=1S/C64H115NO18/c1-3-5-7-9-11-13-15-17-19-21-23-24-25-27-29-31-33-35-37-39-41-48(69)47(65-52(70)42-40-38-36-34-32-30-28-26-22-20-18-16-14-12-10-8-6-4-2)46-78-62-58(76)55(73)60(50(44-67)80-62)83-64-59(77)56(74)61(51(45-68)81-64)82-63-57(75)54(72)53(71)49(43-66)79-63/h14,16,20,22,31,33,39,41,47-51,53-64,66-69,71-77H,3-13,15,17-19,21,23-30,32,34-38,40,42-46H2,1-2H3,(H,65,70)/b16-14-,22-20-,33-31+,41-39+. The second kappa shape index (κ2) is 46.8. The van der Waals surface area contributed by atoms with Gasteiger partial charge in [-0.3, -0.25) is 4.79 Å². The number of aliphatic hydroxyl groups is 11. The fraction of sp³-hybridized carbons (Fsp3) is 0.859. The van der Waals surface area contributed by atoms with Gasteiger partial charge in [-0.25, -0.2) is 0 Å². The monoisotopic (exact) mass is 1190 g/mol. The van der Waals surface area contributed by atoms with Crippen molar-refractivity contribution < 1.29 is 89.4 Å². The van der Waals surface area contributed by atoms with Crippen molar-refractivity contribution in [1.82, 2.24) is 5.32 Å². The van der Waals surface area contributed by atoms with E-state index in [1.807, 2.05) is 6.08 Å². The van der Waals surface area contributed by atoms with Gasteiger partial charge in [-0.15, -0.1) is 0 Å². The van der Waals surface area contributed by atoms with Gasteiger partial charge in [0.1, 0.15) is 73.2 Å². The van der Waals surface area contributed by atoms with E-state index in [-0.39, 0.29) is 18.9 Å². The number of unbranched alkanes of at least 4 members (excludes halogenated alkanes) is 26. The van der Waals surface area contributed by atoms with E-state index in [0.29, 0.717) is 12.8 Å². The molecule has 3 aliphatic rings. The fourth-order valence-electron chi connectivity index (χ4n) is 10.8. The van der Waals surface area contributed by atoms with Crippen molar-refractivity contribution in [3.63, 3.8) is 0 Å². The molecule has 3 aliphatic heterocycles. The highest BCUT2D eigenvalue weighted by atomic mass is 16.8. The van der Waals surface area contributed by atoms with Gasteiger partial charge >= 0.3 is 0 Å². The minimum atomic E-state index is -1.98. The Morgan fingerprint density at radius 1 is 0.434 bits per heavy atom. The van der Waals surface area contributed by atoms with Gasteiger partial charge in [-0.1, -0.05) is 197 Å². The van der Waals surface area contributed by atoms with Crippen LogP contribution in [0.15, 0.2) is 48.6 Å². The zero-order chi connectivity index (χ0) is 60.5. The van der Waals surface area contributed by atoms with Crippen molar-refractivity contribution >= 4 is 5.91 Å². The lowest BCUT2D eigenvalue weighted by Gasteiger charge is -2.48. The molecule has 3 fully saturated rings. The van der Waals surface area contributed by atoms with Crippen molar-refractivity contribution in [2.45, 2.75) is 324 Å². The molecule has 484 valence electrons. The van der Waals surface area contributed by atoms with E-state index < -0.39 is 124 Å². The lowest BCUT2D eigenvalue weighted by atomic mass is 9.96. The van der Waals surface area contributed by atoms with Crippen LogP contribution in [-0.4, -0.2) is 193 Å². The third-order valence-electron chi connectivity index (χ3n) is 16.1. The molecule has 17 unspecified atom stereocenters. The smallest absolute Gasteiger partial charge is 0.220 e. The zero-order valence-electron chi connectivity index (χ0n) is 50.7. The molecule has 17 atom stereocenters. The molecular weight excluding hydrogens is 1070 g/mol. The molecule has 0 aromatic heterocycles. The maximum absolute atomic E-state index is 13.4. The zero-order valence-corrected chi connectivity index (χ0v) is 50.7. The van der Waals surface area contributed by atoms with Gasteiger partial charge in [0.2, 0.25) is 5.91 Å². The molecule has 19 nitrogen and oxygen atoms in total. The van der Waals surface area contributed by atoms with Gasteiger partial charge < -0.3 is 89.9 Å². The number of aliphatic hydroxyl groups excluding tert-OH is 11. The normalized spacial score (nSPS) is 29.7. The summed E-state index contributed by atoms with van der Waals surface area (Å²) in [6.07, 6.45) is 26.5. The number of hydrogen-bond acceptors (Lipinski definition) is 18. The molecule has 0 saturated carbocycles. The van der Waals surface area contributed by atoms with Gasteiger partial charge in [0.25, 0.3) is 0 Å². The average molecular weight is 1190 g/mol. The molecule has 0 bridgehead atoms. The summed E-state index contributed by atoms with van der Waals surface area (Å²) in [5.41, 5.74) is 0. The summed E-state index contributed by atoms with van der Waals surface area (Å²) in [5.74, 6) is -0.294. The lowest BCUT2D eigenvalue weighted by Crippen LogP contribution is -2.66. The molecule has 12 N–H and O–H groups in total. The Morgan fingerprint density at radius 2 is 0.807 bits per heavy atom. The summed E-state index contributed by atoms with van der Waals surface area (Å²) in [7, 11) is 0. The van der Waals surface area contributed by atoms with Gasteiger partial charge in [-0.05, 0) is 64.2 Å². The van der Waals surface area contributed by atoms with Crippen LogP contribution in [-0.2, 0) is 33.2 Å². The number of rotatable bonds is 48. The number of carbonyl (C=O) groups excluding carboxylic acids is 1. The molecule has 0 radical (unpaired) electrons. The predicted octanol–water partition coefficient (Wildman–Crippen LogP) is 7.04. The van der Waals surface area contributed by atoms with E-state index in [2.05, 4.69) is 55.6 Å². The highest BCUT2D eigenvalue weighted by molar-refractivity contribution is 5.76. The summed E-state index contributed by atoms with van der Waals surface area (Å²) in [6, 6.07) is -0.995. The number of carbonyl (C=O) groups is 1. The fourth-order valence-corrected chi connectivity index (χ4v) is 10.8. The molecule has 0 aromatic rings. The topological polar surface area (TPSA) is 307 Å². The van der Waals surface area contributed by atoms with Crippen LogP contribution in [0.3, 0.4) is 0 Å². The van der Waals surface area contributed by atoms with Gasteiger partial charge in [0, 0.05) is 6.42 Å². The first-order chi connectivity index (χ1) is 40.3. The molecular formula is C64H115NO18. The molecule has 3 rings (SSSR count). The minimum absolute atomic E-state index is 0.226. The largest absolute Gasteiger partial charge is 0.394 e. The molecule has 19 heteroatoms. The van der Waals surface area contributed by atoms with Gasteiger partial charge in [-0.2, -0.15) is 0 Å². The van der Waals surface area contributed by atoms with Crippen molar-refractivity contribution in [2.75, 3.05) is 26.4 Å². The molecule has 1 amide bonds. The third-order valence-corrected chi connectivity index (χ3v) is 16.1.